The third-order valence-electron chi connectivity index (χ3n) is 5.30. The Morgan fingerprint density at radius 1 is 0.969 bits per heavy atom. The third kappa shape index (κ3) is 3.78. The van der Waals surface area contributed by atoms with Crippen molar-refractivity contribution >= 4 is 26.7 Å². The fourth-order valence-corrected chi connectivity index (χ4v) is 4.70. The second-order valence-corrected chi connectivity index (χ2v) is 9.45. The molecule has 3 aromatic carbocycles. The van der Waals surface area contributed by atoms with Gasteiger partial charge >= 0.3 is 0 Å². The SMILES string of the molecule is CS(=O)(=O)N(Cc1ccccc1)c1ccc2c(-c3ncc[nH]3)c(-c3ccccc3)oc2c1. The van der Waals surface area contributed by atoms with E-state index in [1.807, 2.05) is 72.8 Å². The van der Waals surface area contributed by atoms with Crippen LogP contribution in [-0.4, -0.2) is 24.6 Å². The first-order valence-corrected chi connectivity index (χ1v) is 12.0. The van der Waals surface area contributed by atoms with Gasteiger partial charge in [0.2, 0.25) is 10.0 Å². The molecule has 7 heteroatoms. The molecule has 0 aliphatic rings. The molecule has 0 aliphatic heterocycles. The van der Waals surface area contributed by atoms with E-state index in [4.69, 9.17) is 4.42 Å². The Balaban J connectivity index is 1.67. The van der Waals surface area contributed by atoms with Crippen LogP contribution in [0.15, 0.2) is 95.7 Å². The standard InChI is InChI=1S/C25H21N3O3S/c1-32(29,30)28(17-18-8-4-2-5-9-18)20-12-13-21-22(16-20)31-24(19-10-6-3-7-11-19)23(21)25-26-14-15-27-25/h2-16H,17H2,1H3,(H,26,27). The summed E-state index contributed by atoms with van der Waals surface area (Å²) in [4.78, 5) is 7.58. The molecule has 0 spiro atoms. The normalized spacial score (nSPS) is 11.7. The van der Waals surface area contributed by atoms with E-state index in [1.54, 1.807) is 18.5 Å². The van der Waals surface area contributed by atoms with E-state index < -0.39 is 10.0 Å². The molecule has 2 aromatic heterocycles. The van der Waals surface area contributed by atoms with Gasteiger partial charge in [-0.15, -0.1) is 0 Å². The molecule has 0 saturated carbocycles. The van der Waals surface area contributed by atoms with Crippen molar-refractivity contribution in [2.75, 3.05) is 10.6 Å². The third-order valence-corrected chi connectivity index (χ3v) is 6.44. The molecular weight excluding hydrogens is 422 g/mol. The average molecular weight is 444 g/mol. The predicted molar refractivity (Wildman–Crippen MR) is 127 cm³/mol. The zero-order chi connectivity index (χ0) is 22.1. The molecule has 0 fully saturated rings. The Labute approximate surface area is 186 Å². The van der Waals surface area contributed by atoms with Crippen molar-refractivity contribution in [3.63, 3.8) is 0 Å². The van der Waals surface area contributed by atoms with Gasteiger partial charge in [-0.2, -0.15) is 0 Å². The van der Waals surface area contributed by atoms with Crippen LogP contribution in [0.25, 0.3) is 33.7 Å². The zero-order valence-electron chi connectivity index (χ0n) is 17.4. The molecule has 160 valence electrons. The Hall–Kier alpha value is -3.84. The number of imidazole rings is 1. The molecule has 0 unspecified atom stereocenters. The van der Waals surface area contributed by atoms with Gasteiger partial charge in [0, 0.05) is 29.4 Å². The summed E-state index contributed by atoms with van der Waals surface area (Å²) < 4.78 is 32.9. The second kappa shape index (κ2) is 8.01. The predicted octanol–water partition coefficient (Wildman–Crippen LogP) is 5.46. The van der Waals surface area contributed by atoms with Crippen molar-refractivity contribution < 1.29 is 12.8 Å². The highest BCUT2D eigenvalue weighted by Gasteiger charge is 2.23. The van der Waals surface area contributed by atoms with Gasteiger partial charge in [0.15, 0.2) is 0 Å². The number of hydrogen-bond acceptors (Lipinski definition) is 4. The maximum atomic E-state index is 12.6. The number of furan rings is 1. The first-order chi connectivity index (χ1) is 15.5. The van der Waals surface area contributed by atoms with Crippen LogP contribution in [0.3, 0.4) is 0 Å². The topological polar surface area (TPSA) is 79.2 Å². The van der Waals surface area contributed by atoms with Crippen LogP contribution < -0.4 is 4.31 Å². The minimum absolute atomic E-state index is 0.239. The number of sulfonamides is 1. The van der Waals surface area contributed by atoms with E-state index in [0.29, 0.717) is 22.9 Å². The van der Waals surface area contributed by atoms with Crippen molar-refractivity contribution in [2.24, 2.45) is 0 Å². The molecule has 0 bridgehead atoms. The van der Waals surface area contributed by atoms with E-state index in [1.165, 1.54) is 10.6 Å². The van der Waals surface area contributed by atoms with Crippen LogP contribution in [0, 0.1) is 0 Å². The summed E-state index contributed by atoms with van der Waals surface area (Å²) in [5, 5.41) is 0.857. The number of anilines is 1. The smallest absolute Gasteiger partial charge is 0.232 e. The summed E-state index contributed by atoms with van der Waals surface area (Å²) in [6.07, 6.45) is 4.68. The molecule has 5 rings (SSSR count). The van der Waals surface area contributed by atoms with Crippen molar-refractivity contribution in [3.8, 4) is 22.7 Å². The number of nitrogens with one attached hydrogen (secondary N) is 1. The average Bonchev–Trinajstić information content (AvgIpc) is 3.45. The molecule has 0 radical (unpaired) electrons. The van der Waals surface area contributed by atoms with Crippen molar-refractivity contribution in [2.45, 2.75) is 6.54 Å². The number of fused-ring (bicyclic) bond motifs is 1. The van der Waals surface area contributed by atoms with Gasteiger partial charge in [-0.05, 0) is 17.7 Å². The molecule has 32 heavy (non-hydrogen) atoms. The molecular formula is C25H21N3O3S. The summed E-state index contributed by atoms with van der Waals surface area (Å²) in [5.41, 5.74) is 3.80. The highest BCUT2D eigenvalue weighted by atomic mass is 32.2. The van der Waals surface area contributed by atoms with E-state index in [-0.39, 0.29) is 6.54 Å². The Morgan fingerprint density at radius 2 is 1.69 bits per heavy atom. The van der Waals surface area contributed by atoms with Gasteiger partial charge in [0.25, 0.3) is 0 Å². The molecule has 2 heterocycles. The lowest BCUT2D eigenvalue weighted by Gasteiger charge is -2.22. The van der Waals surface area contributed by atoms with Crippen LogP contribution in [0.5, 0.6) is 0 Å². The molecule has 1 N–H and O–H groups in total. The lowest BCUT2D eigenvalue weighted by Crippen LogP contribution is -2.29. The number of aromatic nitrogens is 2. The minimum Gasteiger partial charge on any atom is -0.455 e. The zero-order valence-corrected chi connectivity index (χ0v) is 18.2. The number of H-pyrrole nitrogens is 1. The van der Waals surface area contributed by atoms with Gasteiger partial charge in [-0.25, -0.2) is 13.4 Å². The van der Waals surface area contributed by atoms with Crippen molar-refractivity contribution in [1.82, 2.24) is 9.97 Å². The Kier molecular flexibility index (Phi) is 5.03. The maximum Gasteiger partial charge on any atom is 0.232 e. The van der Waals surface area contributed by atoms with Gasteiger partial charge in [-0.3, -0.25) is 4.31 Å². The quantitative estimate of drug-likeness (QED) is 0.378. The summed E-state index contributed by atoms with van der Waals surface area (Å²) in [6.45, 7) is 0.239. The summed E-state index contributed by atoms with van der Waals surface area (Å²) in [6, 6.07) is 24.8. The van der Waals surface area contributed by atoms with Crippen LogP contribution in [-0.2, 0) is 16.6 Å². The van der Waals surface area contributed by atoms with Gasteiger partial charge in [0.05, 0.1) is 24.1 Å². The van der Waals surface area contributed by atoms with E-state index in [0.717, 1.165) is 22.1 Å². The molecule has 5 aromatic rings. The van der Waals surface area contributed by atoms with E-state index in [9.17, 15) is 8.42 Å². The van der Waals surface area contributed by atoms with Gasteiger partial charge in [-0.1, -0.05) is 60.7 Å². The first-order valence-electron chi connectivity index (χ1n) is 10.1. The molecule has 6 nitrogen and oxygen atoms in total. The largest absolute Gasteiger partial charge is 0.455 e. The lowest BCUT2D eigenvalue weighted by molar-refractivity contribution is 0.596. The summed E-state index contributed by atoms with van der Waals surface area (Å²) in [5.74, 6) is 1.38. The molecule has 0 atom stereocenters. The molecule has 0 aliphatic carbocycles. The van der Waals surface area contributed by atoms with Gasteiger partial charge in [0.1, 0.15) is 17.2 Å². The number of nitrogens with zero attached hydrogens (tertiary/aromatic N) is 2. The van der Waals surface area contributed by atoms with Gasteiger partial charge < -0.3 is 9.40 Å². The first kappa shape index (κ1) is 20.1. The van der Waals surface area contributed by atoms with Crippen LogP contribution in [0.4, 0.5) is 5.69 Å². The number of rotatable bonds is 6. The number of aromatic amines is 1. The number of hydrogen-bond donors (Lipinski definition) is 1. The maximum absolute atomic E-state index is 12.6. The van der Waals surface area contributed by atoms with E-state index >= 15 is 0 Å². The Bertz CT molecular complexity index is 1460. The molecule has 0 saturated heterocycles. The van der Waals surface area contributed by atoms with Crippen LogP contribution >= 0.6 is 0 Å². The summed E-state index contributed by atoms with van der Waals surface area (Å²) >= 11 is 0. The minimum atomic E-state index is -3.51. The Morgan fingerprint density at radius 3 is 2.34 bits per heavy atom. The fraction of sp³-hybridized carbons (Fsp3) is 0.0800. The highest BCUT2D eigenvalue weighted by molar-refractivity contribution is 7.92. The van der Waals surface area contributed by atoms with E-state index in [2.05, 4.69) is 9.97 Å². The monoisotopic (exact) mass is 443 g/mol. The van der Waals surface area contributed by atoms with Crippen LogP contribution in [0.1, 0.15) is 5.56 Å². The highest BCUT2D eigenvalue weighted by Crippen LogP contribution is 2.41. The van der Waals surface area contributed by atoms with Crippen LogP contribution in [0.2, 0.25) is 0 Å². The van der Waals surface area contributed by atoms with Crippen molar-refractivity contribution in [3.05, 3.63) is 96.8 Å². The summed E-state index contributed by atoms with van der Waals surface area (Å²) in [7, 11) is -3.51. The lowest BCUT2D eigenvalue weighted by atomic mass is 10.0. The molecule has 0 amide bonds. The number of benzene rings is 3. The second-order valence-electron chi connectivity index (χ2n) is 7.55. The van der Waals surface area contributed by atoms with Crippen molar-refractivity contribution in [1.29, 1.82) is 0 Å². The fourth-order valence-electron chi connectivity index (χ4n) is 3.82.